The monoisotopic (exact) mass is 457 g/mol. The van der Waals surface area contributed by atoms with Gasteiger partial charge in [0, 0.05) is 23.7 Å². The van der Waals surface area contributed by atoms with Crippen LogP contribution in [-0.4, -0.2) is 37.7 Å². The number of aryl methyl sites for hydroxylation is 1. The van der Waals surface area contributed by atoms with Gasteiger partial charge in [-0.2, -0.15) is 13.2 Å². The van der Waals surface area contributed by atoms with Crippen LogP contribution in [0.3, 0.4) is 0 Å². The van der Waals surface area contributed by atoms with Crippen LogP contribution >= 0.6 is 0 Å². The van der Waals surface area contributed by atoms with Gasteiger partial charge in [-0.05, 0) is 68.3 Å². The minimum atomic E-state index is -5.08. The molecule has 4 aromatic rings. The highest BCUT2D eigenvalue weighted by Gasteiger charge is 2.38. The van der Waals surface area contributed by atoms with E-state index in [0.717, 1.165) is 39.5 Å². The summed E-state index contributed by atoms with van der Waals surface area (Å²) >= 11 is 0. The van der Waals surface area contributed by atoms with Gasteiger partial charge in [0.2, 0.25) is 0 Å². The van der Waals surface area contributed by atoms with Gasteiger partial charge in [0.1, 0.15) is 11.4 Å². The molecule has 0 aliphatic heterocycles. The second-order valence-corrected chi connectivity index (χ2v) is 7.47. The molecule has 3 heterocycles. The first-order valence-electron chi connectivity index (χ1n) is 10.0. The lowest BCUT2D eigenvalue weighted by molar-refractivity contribution is -0.192. The van der Waals surface area contributed by atoms with Crippen LogP contribution in [0.25, 0.3) is 28.0 Å². The smallest absolute Gasteiger partial charge is 0.490 e. The van der Waals surface area contributed by atoms with E-state index in [0.29, 0.717) is 0 Å². The first-order valence-corrected chi connectivity index (χ1v) is 10.0. The van der Waals surface area contributed by atoms with Gasteiger partial charge in [-0.1, -0.05) is 12.1 Å². The highest BCUT2D eigenvalue weighted by atomic mass is 19.4. The van der Waals surface area contributed by atoms with Crippen molar-refractivity contribution >= 4 is 11.6 Å². The zero-order valence-electron chi connectivity index (χ0n) is 18.2. The molecule has 0 bridgehead atoms. The predicted molar refractivity (Wildman–Crippen MR) is 118 cm³/mol. The van der Waals surface area contributed by atoms with Crippen molar-refractivity contribution in [3.05, 3.63) is 72.8 Å². The number of imidazole rings is 1. The van der Waals surface area contributed by atoms with Gasteiger partial charge in [0.05, 0.1) is 18.0 Å². The van der Waals surface area contributed by atoms with E-state index in [-0.39, 0.29) is 6.10 Å². The Bertz CT molecular complexity index is 1250. The molecule has 0 atom stereocenters. The SMILES string of the molecule is Cc1cc(-c2cnc3cc(-c4ccc(OC(C)C)cc4)ccn23)ccn1.O=C(O)C(F)(F)F. The lowest BCUT2D eigenvalue weighted by Crippen LogP contribution is -2.21. The number of halogens is 3. The number of aromatic nitrogens is 3. The fourth-order valence-electron chi connectivity index (χ4n) is 3.08. The largest absolute Gasteiger partial charge is 0.491 e. The van der Waals surface area contributed by atoms with Crippen LogP contribution in [0.15, 0.2) is 67.1 Å². The van der Waals surface area contributed by atoms with Crippen molar-refractivity contribution in [1.82, 2.24) is 14.4 Å². The topological polar surface area (TPSA) is 76.7 Å². The van der Waals surface area contributed by atoms with E-state index in [9.17, 15) is 13.2 Å². The number of alkyl halides is 3. The number of benzene rings is 1. The van der Waals surface area contributed by atoms with Crippen LogP contribution in [0.2, 0.25) is 0 Å². The number of hydrogen-bond acceptors (Lipinski definition) is 4. The standard InChI is InChI=1S/C22H21N3O.C2HF3O2/c1-15(2)26-20-6-4-17(5-7-20)18-9-11-25-21(14-24-22(25)13-18)19-8-10-23-16(3)12-19;3-2(4,5)1(6)7/h4-15H,1-3H3;(H,6,7). The Balaban J connectivity index is 0.000000383. The summed E-state index contributed by atoms with van der Waals surface area (Å²) < 4.78 is 39.6. The maximum atomic E-state index is 10.6. The molecular weight excluding hydrogens is 435 g/mol. The first kappa shape index (κ1) is 23.8. The minimum Gasteiger partial charge on any atom is -0.491 e. The number of carboxylic acid groups (broad SMARTS) is 1. The van der Waals surface area contributed by atoms with Crippen molar-refractivity contribution < 1.29 is 27.8 Å². The first-order chi connectivity index (χ1) is 15.5. The maximum Gasteiger partial charge on any atom is 0.490 e. The van der Waals surface area contributed by atoms with Crippen molar-refractivity contribution in [1.29, 1.82) is 0 Å². The molecule has 0 saturated carbocycles. The van der Waals surface area contributed by atoms with E-state index in [2.05, 4.69) is 50.9 Å². The van der Waals surface area contributed by atoms with Crippen LogP contribution in [0, 0.1) is 6.92 Å². The maximum absolute atomic E-state index is 10.6. The lowest BCUT2D eigenvalue weighted by atomic mass is 10.1. The fourth-order valence-corrected chi connectivity index (χ4v) is 3.08. The molecule has 0 fully saturated rings. The minimum absolute atomic E-state index is 0.178. The van der Waals surface area contributed by atoms with Crippen LogP contribution in [0.4, 0.5) is 13.2 Å². The Labute approximate surface area is 188 Å². The van der Waals surface area contributed by atoms with Gasteiger partial charge in [0.15, 0.2) is 0 Å². The van der Waals surface area contributed by atoms with Crippen molar-refractivity contribution in [3.8, 4) is 28.1 Å². The van der Waals surface area contributed by atoms with Crippen molar-refractivity contribution in [3.63, 3.8) is 0 Å². The molecule has 0 aliphatic rings. The second kappa shape index (κ2) is 9.72. The van der Waals surface area contributed by atoms with Crippen LogP contribution in [0.1, 0.15) is 19.5 Å². The summed E-state index contributed by atoms with van der Waals surface area (Å²) in [6.07, 6.45) is 0.908. The van der Waals surface area contributed by atoms with Crippen molar-refractivity contribution in [2.75, 3.05) is 0 Å². The zero-order valence-corrected chi connectivity index (χ0v) is 18.2. The number of hydrogen-bond donors (Lipinski definition) is 1. The number of aliphatic carboxylic acids is 1. The van der Waals surface area contributed by atoms with E-state index < -0.39 is 12.1 Å². The average Bonchev–Trinajstić information content (AvgIpc) is 3.17. The summed E-state index contributed by atoms with van der Waals surface area (Å²) in [4.78, 5) is 17.8. The van der Waals surface area contributed by atoms with Gasteiger partial charge in [0.25, 0.3) is 0 Å². The molecule has 172 valence electrons. The Kier molecular flexibility index (Phi) is 7.01. The molecule has 0 spiro atoms. The molecule has 3 aromatic heterocycles. The fraction of sp³-hybridized carbons (Fsp3) is 0.208. The lowest BCUT2D eigenvalue weighted by Gasteiger charge is -2.10. The summed E-state index contributed by atoms with van der Waals surface area (Å²) in [5.74, 6) is -1.87. The molecule has 0 aliphatic carbocycles. The Morgan fingerprint density at radius 3 is 2.24 bits per heavy atom. The number of ether oxygens (including phenoxy) is 1. The van der Waals surface area contributed by atoms with Gasteiger partial charge < -0.3 is 9.84 Å². The number of fused-ring (bicyclic) bond motifs is 1. The molecule has 4 rings (SSSR count). The molecule has 0 saturated heterocycles. The number of nitrogens with zero attached hydrogens (tertiary/aromatic N) is 3. The number of carbonyl (C=O) groups is 1. The van der Waals surface area contributed by atoms with E-state index in [4.69, 9.17) is 14.6 Å². The van der Waals surface area contributed by atoms with Crippen LogP contribution in [-0.2, 0) is 4.79 Å². The second-order valence-electron chi connectivity index (χ2n) is 7.47. The van der Waals surface area contributed by atoms with Gasteiger partial charge in [-0.15, -0.1) is 0 Å². The van der Waals surface area contributed by atoms with Gasteiger partial charge >= 0.3 is 12.1 Å². The summed E-state index contributed by atoms with van der Waals surface area (Å²) in [6.45, 7) is 6.06. The van der Waals surface area contributed by atoms with Gasteiger partial charge in [-0.3, -0.25) is 9.38 Å². The molecule has 0 unspecified atom stereocenters. The number of rotatable bonds is 4. The third-order valence-corrected chi connectivity index (χ3v) is 4.51. The van der Waals surface area contributed by atoms with Crippen LogP contribution < -0.4 is 4.74 Å². The van der Waals surface area contributed by atoms with Crippen LogP contribution in [0.5, 0.6) is 5.75 Å². The Morgan fingerprint density at radius 1 is 1.00 bits per heavy atom. The summed E-state index contributed by atoms with van der Waals surface area (Å²) in [5, 5.41) is 7.12. The normalized spacial score (nSPS) is 11.2. The van der Waals surface area contributed by atoms with Crippen molar-refractivity contribution in [2.24, 2.45) is 0 Å². The van der Waals surface area contributed by atoms with E-state index in [1.807, 2.05) is 51.4 Å². The van der Waals surface area contributed by atoms with Gasteiger partial charge in [-0.25, -0.2) is 9.78 Å². The molecule has 9 heteroatoms. The highest BCUT2D eigenvalue weighted by molar-refractivity contribution is 5.73. The molecule has 0 radical (unpaired) electrons. The Morgan fingerprint density at radius 2 is 1.67 bits per heavy atom. The molecule has 1 aromatic carbocycles. The Hall–Kier alpha value is -3.88. The summed E-state index contributed by atoms with van der Waals surface area (Å²) in [6, 6.07) is 16.5. The molecule has 1 N–H and O–H groups in total. The van der Waals surface area contributed by atoms with Crippen molar-refractivity contribution in [2.45, 2.75) is 33.1 Å². The highest BCUT2D eigenvalue weighted by Crippen LogP contribution is 2.27. The summed E-state index contributed by atoms with van der Waals surface area (Å²) in [7, 11) is 0. The third-order valence-electron chi connectivity index (χ3n) is 4.51. The molecule has 0 amide bonds. The number of pyridine rings is 2. The molecule has 33 heavy (non-hydrogen) atoms. The zero-order chi connectivity index (χ0) is 24.2. The average molecular weight is 457 g/mol. The van der Waals surface area contributed by atoms with E-state index in [1.165, 1.54) is 0 Å². The molecular formula is C24H22F3N3O3. The quantitative estimate of drug-likeness (QED) is 0.420. The predicted octanol–water partition coefficient (Wildman–Crippen LogP) is 5.79. The van der Waals surface area contributed by atoms with E-state index >= 15 is 0 Å². The summed E-state index contributed by atoms with van der Waals surface area (Å²) in [5.41, 5.74) is 6.39. The third kappa shape index (κ3) is 6.09. The molecule has 6 nitrogen and oxygen atoms in total. The number of carboxylic acids is 1. The van der Waals surface area contributed by atoms with E-state index in [1.54, 1.807) is 0 Å².